The lowest BCUT2D eigenvalue weighted by Crippen LogP contribution is -2.01. The van der Waals surface area contributed by atoms with Gasteiger partial charge in [0.05, 0.1) is 23.3 Å². The van der Waals surface area contributed by atoms with Crippen LogP contribution in [0, 0.1) is 6.92 Å². The number of benzene rings is 1. The van der Waals surface area contributed by atoms with Gasteiger partial charge in [-0.3, -0.25) is 5.10 Å². The Kier molecular flexibility index (Phi) is 2.33. The summed E-state index contributed by atoms with van der Waals surface area (Å²) in [5.41, 5.74) is 9.18. The second-order valence-corrected chi connectivity index (χ2v) is 4.00. The van der Waals surface area contributed by atoms with Crippen molar-refractivity contribution in [3.05, 3.63) is 42.2 Å². The van der Waals surface area contributed by atoms with E-state index in [9.17, 15) is 0 Å². The number of para-hydroxylation sites is 1. The number of nitrogens with zero attached hydrogens (tertiary/aromatic N) is 4. The predicted octanol–water partition coefficient (Wildman–Crippen LogP) is 1.55. The van der Waals surface area contributed by atoms with E-state index in [0.717, 1.165) is 22.6 Å². The fourth-order valence-corrected chi connectivity index (χ4v) is 1.81. The summed E-state index contributed by atoms with van der Waals surface area (Å²) in [6.45, 7) is 1.90. The van der Waals surface area contributed by atoms with Crippen LogP contribution in [0.4, 0.5) is 5.82 Å². The summed E-state index contributed by atoms with van der Waals surface area (Å²) in [5, 5.41) is 15.4. The molecule has 90 valence electrons. The van der Waals surface area contributed by atoms with Crippen LogP contribution < -0.4 is 5.73 Å². The SMILES string of the molecule is Cc1cnn(-c2ccccc2-c2cc(N)n[nH]2)n1. The Labute approximate surface area is 103 Å². The summed E-state index contributed by atoms with van der Waals surface area (Å²) >= 11 is 0. The fourth-order valence-electron chi connectivity index (χ4n) is 1.81. The Hall–Kier alpha value is -2.63. The second kappa shape index (κ2) is 3.99. The third kappa shape index (κ3) is 1.73. The molecule has 3 N–H and O–H groups in total. The van der Waals surface area contributed by atoms with Crippen molar-refractivity contribution in [1.29, 1.82) is 0 Å². The topological polar surface area (TPSA) is 85.4 Å². The highest BCUT2D eigenvalue weighted by atomic mass is 15.5. The molecule has 0 aliphatic carbocycles. The number of hydrogen-bond acceptors (Lipinski definition) is 4. The van der Waals surface area contributed by atoms with Crippen LogP contribution in [0.3, 0.4) is 0 Å². The van der Waals surface area contributed by atoms with Crippen LogP contribution in [0.1, 0.15) is 5.69 Å². The molecule has 2 aromatic heterocycles. The fraction of sp³-hybridized carbons (Fsp3) is 0.0833. The average Bonchev–Trinajstić information content (AvgIpc) is 2.98. The summed E-state index contributed by atoms with van der Waals surface area (Å²) in [6, 6.07) is 9.60. The van der Waals surface area contributed by atoms with Crippen molar-refractivity contribution in [3.63, 3.8) is 0 Å². The highest BCUT2D eigenvalue weighted by Gasteiger charge is 2.10. The van der Waals surface area contributed by atoms with Gasteiger partial charge < -0.3 is 5.73 Å². The van der Waals surface area contributed by atoms with E-state index in [4.69, 9.17) is 5.73 Å². The number of nitrogen functional groups attached to an aromatic ring is 1. The largest absolute Gasteiger partial charge is 0.382 e. The first-order valence-electron chi connectivity index (χ1n) is 5.53. The maximum absolute atomic E-state index is 5.63. The van der Waals surface area contributed by atoms with Gasteiger partial charge in [0.15, 0.2) is 0 Å². The Balaban J connectivity index is 2.16. The first-order chi connectivity index (χ1) is 8.74. The van der Waals surface area contributed by atoms with E-state index in [-0.39, 0.29) is 0 Å². The smallest absolute Gasteiger partial charge is 0.145 e. The zero-order chi connectivity index (χ0) is 12.5. The Morgan fingerprint density at radius 2 is 2.11 bits per heavy atom. The third-order valence-corrected chi connectivity index (χ3v) is 2.61. The van der Waals surface area contributed by atoms with Crippen LogP contribution in [-0.4, -0.2) is 25.2 Å². The number of nitrogens with two attached hydrogens (primary N) is 1. The summed E-state index contributed by atoms with van der Waals surface area (Å²) < 4.78 is 0. The third-order valence-electron chi connectivity index (χ3n) is 2.61. The lowest BCUT2D eigenvalue weighted by atomic mass is 10.1. The van der Waals surface area contributed by atoms with E-state index in [0.29, 0.717) is 5.82 Å². The summed E-state index contributed by atoms with van der Waals surface area (Å²) in [4.78, 5) is 1.60. The van der Waals surface area contributed by atoms with Gasteiger partial charge in [0.2, 0.25) is 0 Å². The van der Waals surface area contributed by atoms with Gasteiger partial charge in [-0.2, -0.15) is 20.1 Å². The zero-order valence-electron chi connectivity index (χ0n) is 9.83. The van der Waals surface area contributed by atoms with Crippen molar-refractivity contribution in [3.8, 4) is 16.9 Å². The van der Waals surface area contributed by atoms with Gasteiger partial charge in [-0.15, -0.1) is 0 Å². The molecule has 0 spiro atoms. The Morgan fingerprint density at radius 1 is 1.28 bits per heavy atom. The lowest BCUT2D eigenvalue weighted by molar-refractivity contribution is 0.747. The molecule has 3 rings (SSSR count). The number of aromatic nitrogens is 5. The lowest BCUT2D eigenvalue weighted by Gasteiger charge is -2.05. The molecule has 1 aromatic carbocycles. The molecule has 0 radical (unpaired) electrons. The van der Waals surface area contributed by atoms with Crippen molar-refractivity contribution in [2.75, 3.05) is 5.73 Å². The molecular weight excluding hydrogens is 228 g/mol. The van der Waals surface area contributed by atoms with Crippen molar-refractivity contribution in [2.45, 2.75) is 6.92 Å². The van der Waals surface area contributed by atoms with E-state index in [1.165, 1.54) is 0 Å². The van der Waals surface area contributed by atoms with E-state index in [1.807, 2.05) is 31.2 Å². The molecular formula is C12H12N6. The van der Waals surface area contributed by atoms with E-state index in [1.54, 1.807) is 17.1 Å². The number of aryl methyl sites for hydroxylation is 1. The highest BCUT2D eigenvalue weighted by Crippen LogP contribution is 2.25. The maximum Gasteiger partial charge on any atom is 0.145 e. The van der Waals surface area contributed by atoms with E-state index >= 15 is 0 Å². The van der Waals surface area contributed by atoms with Crippen LogP contribution >= 0.6 is 0 Å². The molecule has 2 heterocycles. The van der Waals surface area contributed by atoms with Gasteiger partial charge in [-0.05, 0) is 13.0 Å². The first kappa shape index (κ1) is 10.5. The van der Waals surface area contributed by atoms with Crippen LogP contribution in [0.15, 0.2) is 36.5 Å². The quantitative estimate of drug-likeness (QED) is 0.711. The molecule has 0 aliphatic rings. The van der Waals surface area contributed by atoms with Gasteiger partial charge in [-0.1, -0.05) is 18.2 Å². The second-order valence-electron chi connectivity index (χ2n) is 4.00. The van der Waals surface area contributed by atoms with Gasteiger partial charge in [0.1, 0.15) is 5.82 Å². The zero-order valence-corrected chi connectivity index (χ0v) is 9.83. The van der Waals surface area contributed by atoms with Crippen LogP contribution in [0.5, 0.6) is 0 Å². The molecule has 6 heteroatoms. The van der Waals surface area contributed by atoms with Crippen LogP contribution in [-0.2, 0) is 0 Å². The number of rotatable bonds is 2. The van der Waals surface area contributed by atoms with Crippen LogP contribution in [0.25, 0.3) is 16.9 Å². The number of hydrogen-bond donors (Lipinski definition) is 2. The standard InChI is InChI=1S/C12H12N6/c1-8-7-14-18(17-8)11-5-3-2-4-9(11)10-6-12(13)16-15-10/h2-7H,1H3,(H3,13,15,16). The van der Waals surface area contributed by atoms with Crippen LogP contribution in [0.2, 0.25) is 0 Å². The normalized spacial score (nSPS) is 10.7. The Morgan fingerprint density at radius 3 is 2.78 bits per heavy atom. The van der Waals surface area contributed by atoms with Crippen molar-refractivity contribution in [2.24, 2.45) is 0 Å². The van der Waals surface area contributed by atoms with Crippen molar-refractivity contribution < 1.29 is 0 Å². The summed E-state index contributed by atoms with van der Waals surface area (Å²) in [6.07, 6.45) is 1.72. The molecule has 0 fully saturated rings. The molecule has 0 atom stereocenters. The minimum Gasteiger partial charge on any atom is -0.382 e. The number of anilines is 1. The Bertz CT molecular complexity index is 622. The maximum atomic E-state index is 5.63. The predicted molar refractivity (Wildman–Crippen MR) is 68.1 cm³/mol. The van der Waals surface area contributed by atoms with Gasteiger partial charge in [-0.25, -0.2) is 0 Å². The molecule has 0 amide bonds. The van der Waals surface area contributed by atoms with Gasteiger partial charge >= 0.3 is 0 Å². The van der Waals surface area contributed by atoms with Crippen molar-refractivity contribution in [1.82, 2.24) is 25.2 Å². The number of H-pyrrole nitrogens is 1. The summed E-state index contributed by atoms with van der Waals surface area (Å²) in [5.74, 6) is 0.462. The molecule has 0 aliphatic heterocycles. The van der Waals surface area contributed by atoms with E-state index in [2.05, 4.69) is 20.4 Å². The molecule has 0 saturated heterocycles. The summed E-state index contributed by atoms with van der Waals surface area (Å²) in [7, 11) is 0. The first-order valence-corrected chi connectivity index (χ1v) is 5.53. The minimum atomic E-state index is 0.462. The minimum absolute atomic E-state index is 0.462. The molecule has 3 aromatic rings. The van der Waals surface area contributed by atoms with Gasteiger partial charge in [0, 0.05) is 11.6 Å². The van der Waals surface area contributed by atoms with E-state index < -0.39 is 0 Å². The van der Waals surface area contributed by atoms with Crippen molar-refractivity contribution >= 4 is 5.82 Å². The average molecular weight is 240 g/mol. The number of aromatic amines is 1. The molecule has 18 heavy (non-hydrogen) atoms. The highest BCUT2D eigenvalue weighted by molar-refractivity contribution is 5.71. The molecule has 0 saturated carbocycles. The molecule has 0 unspecified atom stereocenters. The molecule has 6 nitrogen and oxygen atoms in total. The number of nitrogens with one attached hydrogen (secondary N) is 1. The molecule has 0 bridgehead atoms. The van der Waals surface area contributed by atoms with Gasteiger partial charge in [0.25, 0.3) is 0 Å². The monoisotopic (exact) mass is 240 g/mol.